The Hall–Kier alpha value is -0.830. The molecule has 2 rings (SSSR count). The number of nitrogens with zero attached hydrogens (tertiary/aromatic N) is 1. The monoisotopic (exact) mass is 165 g/mol. The summed E-state index contributed by atoms with van der Waals surface area (Å²) < 4.78 is 0. The Morgan fingerprint density at radius 2 is 2.50 bits per heavy atom. The number of rotatable bonds is 2. The molecule has 1 heterocycles. The molecule has 12 heavy (non-hydrogen) atoms. The molecular formula is C9H15N3. The average Bonchev–Trinajstić information content (AvgIpc) is 2.58. The minimum atomic E-state index is 0.684. The van der Waals surface area contributed by atoms with E-state index in [1.165, 1.54) is 23.4 Å². The van der Waals surface area contributed by atoms with Crippen LogP contribution in [0.3, 0.4) is 0 Å². The lowest BCUT2D eigenvalue weighted by Gasteiger charge is -2.08. The number of aromatic nitrogens is 2. The quantitative estimate of drug-likeness (QED) is 0.685. The number of likely N-dealkylation sites (N-methyl/N-ethyl adjacent to an activating group) is 1. The molecule has 0 aromatic carbocycles. The Balaban J connectivity index is 2.27. The fraction of sp³-hybridized carbons (Fsp3) is 0.667. The van der Waals surface area contributed by atoms with Crippen molar-refractivity contribution in [2.24, 2.45) is 0 Å². The third-order valence-electron chi connectivity index (χ3n) is 2.66. The number of aromatic amines is 1. The summed E-state index contributed by atoms with van der Waals surface area (Å²) in [5.74, 6) is 0.684. The van der Waals surface area contributed by atoms with Crippen LogP contribution >= 0.6 is 0 Å². The maximum atomic E-state index is 4.28. The standard InChI is InChI=1S/C9H15N3/c1-6-9-7(5-10-2)3-4-8(9)12-11-6/h7,10H,3-5H2,1-2H3,(H,11,12). The molecule has 66 valence electrons. The first-order valence-electron chi connectivity index (χ1n) is 4.51. The van der Waals surface area contributed by atoms with Crippen molar-refractivity contribution in [3.8, 4) is 0 Å². The number of fused-ring (bicyclic) bond motifs is 1. The van der Waals surface area contributed by atoms with Gasteiger partial charge < -0.3 is 5.32 Å². The van der Waals surface area contributed by atoms with Gasteiger partial charge in [-0.15, -0.1) is 0 Å². The first kappa shape index (κ1) is 7.80. The molecule has 3 nitrogen and oxygen atoms in total. The maximum Gasteiger partial charge on any atom is 0.0660 e. The van der Waals surface area contributed by atoms with E-state index in [2.05, 4.69) is 22.4 Å². The van der Waals surface area contributed by atoms with Crippen molar-refractivity contribution in [3.05, 3.63) is 17.0 Å². The molecule has 0 spiro atoms. The van der Waals surface area contributed by atoms with E-state index in [1.54, 1.807) is 0 Å². The highest BCUT2D eigenvalue weighted by Gasteiger charge is 2.25. The van der Waals surface area contributed by atoms with Crippen molar-refractivity contribution in [2.75, 3.05) is 13.6 Å². The maximum absolute atomic E-state index is 4.28. The van der Waals surface area contributed by atoms with Gasteiger partial charge in [0.2, 0.25) is 0 Å². The first-order valence-corrected chi connectivity index (χ1v) is 4.51. The van der Waals surface area contributed by atoms with E-state index in [9.17, 15) is 0 Å². The summed E-state index contributed by atoms with van der Waals surface area (Å²) in [5, 5.41) is 10.6. The molecule has 0 bridgehead atoms. The predicted octanol–water partition coefficient (Wildman–Crippen LogP) is 0.967. The molecule has 0 saturated carbocycles. The van der Waals surface area contributed by atoms with E-state index < -0.39 is 0 Å². The molecule has 1 atom stereocenters. The number of nitrogens with one attached hydrogen (secondary N) is 2. The predicted molar refractivity (Wildman–Crippen MR) is 48.3 cm³/mol. The van der Waals surface area contributed by atoms with Crippen LogP contribution in [0.5, 0.6) is 0 Å². The van der Waals surface area contributed by atoms with Gasteiger partial charge in [0.25, 0.3) is 0 Å². The van der Waals surface area contributed by atoms with Crippen LogP contribution in [0.2, 0.25) is 0 Å². The van der Waals surface area contributed by atoms with Gasteiger partial charge in [0.15, 0.2) is 0 Å². The zero-order valence-electron chi connectivity index (χ0n) is 7.65. The normalized spacial score (nSPS) is 21.3. The van der Waals surface area contributed by atoms with Crippen molar-refractivity contribution in [1.29, 1.82) is 0 Å². The second-order valence-electron chi connectivity index (χ2n) is 3.50. The van der Waals surface area contributed by atoms with Gasteiger partial charge in [-0.1, -0.05) is 0 Å². The number of hydrogen-bond acceptors (Lipinski definition) is 2. The third kappa shape index (κ3) is 1.05. The molecule has 1 unspecified atom stereocenters. The van der Waals surface area contributed by atoms with E-state index in [-0.39, 0.29) is 0 Å². The van der Waals surface area contributed by atoms with Gasteiger partial charge in [-0.3, -0.25) is 5.10 Å². The van der Waals surface area contributed by atoms with Crippen molar-refractivity contribution >= 4 is 0 Å². The Kier molecular flexibility index (Phi) is 1.89. The lowest BCUT2D eigenvalue weighted by atomic mass is 10.0. The third-order valence-corrected chi connectivity index (χ3v) is 2.66. The van der Waals surface area contributed by atoms with Crippen molar-refractivity contribution in [2.45, 2.75) is 25.7 Å². The highest BCUT2D eigenvalue weighted by atomic mass is 15.1. The average molecular weight is 165 g/mol. The van der Waals surface area contributed by atoms with Crippen LogP contribution in [-0.2, 0) is 6.42 Å². The zero-order chi connectivity index (χ0) is 8.55. The van der Waals surface area contributed by atoms with Gasteiger partial charge in [-0.25, -0.2) is 0 Å². The molecule has 2 N–H and O–H groups in total. The van der Waals surface area contributed by atoms with Gasteiger partial charge in [0, 0.05) is 23.7 Å². The van der Waals surface area contributed by atoms with E-state index in [1.807, 2.05) is 7.05 Å². The summed E-state index contributed by atoms with van der Waals surface area (Å²) in [5.41, 5.74) is 4.00. The van der Waals surface area contributed by atoms with Crippen LogP contribution in [0.1, 0.15) is 29.3 Å². The van der Waals surface area contributed by atoms with E-state index in [0.717, 1.165) is 13.0 Å². The van der Waals surface area contributed by atoms with Gasteiger partial charge in [0.05, 0.1) is 5.69 Å². The van der Waals surface area contributed by atoms with Crippen molar-refractivity contribution in [3.63, 3.8) is 0 Å². The highest BCUT2D eigenvalue weighted by molar-refractivity contribution is 5.33. The second-order valence-corrected chi connectivity index (χ2v) is 3.50. The largest absolute Gasteiger partial charge is 0.319 e. The van der Waals surface area contributed by atoms with Crippen LogP contribution in [0, 0.1) is 6.92 Å². The molecule has 0 radical (unpaired) electrons. The minimum Gasteiger partial charge on any atom is -0.319 e. The number of aryl methyl sites for hydroxylation is 2. The molecule has 1 aliphatic carbocycles. The van der Waals surface area contributed by atoms with E-state index in [0.29, 0.717) is 5.92 Å². The number of H-pyrrole nitrogens is 1. The zero-order valence-corrected chi connectivity index (χ0v) is 7.65. The summed E-state index contributed by atoms with van der Waals surface area (Å²) in [4.78, 5) is 0. The fourth-order valence-electron chi connectivity index (χ4n) is 2.13. The summed E-state index contributed by atoms with van der Waals surface area (Å²) in [6, 6.07) is 0. The van der Waals surface area contributed by atoms with Crippen molar-refractivity contribution in [1.82, 2.24) is 15.5 Å². The van der Waals surface area contributed by atoms with Gasteiger partial charge in [-0.05, 0) is 26.8 Å². The lowest BCUT2D eigenvalue weighted by Crippen LogP contribution is -2.15. The first-order chi connectivity index (χ1) is 5.83. The van der Waals surface area contributed by atoms with Crippen LogP contribution in [0.4, 0.5) is 0 Å². The molecular weight excluding hydrogens is 150 g/mol. The molecule has 1 aromatic rings. The molecule has 1 aliphatic rings. The topological polar surface area (TPSA) is 40.7 Å². The molecule has 0 fully saturated rings. The Morgan fingerprint density at radius 3 is 3.25 bits per heavy atom. The number of hydrogen-bond donors (Lipinski definition) is 2. The van der Waals surface area contributed by atoms with E-state index in [4.69, 9.17) is 0 Å². The highest BCUT2D eigenvalue weighted by Crippen LogP contribution is 2.32. The Morgan fingerprint density at radius 1 is 1.67 bits per heavy atom. The van der Waals surface area contributed by atoms with Gasteiger partial charge in [0.1, 0.15) is 0 Å². The van der Waals surface area contributed by atoms with E-state index >= 15 is 0 Å². The Bertz CT molecular complexity index is 277. The van der Waals surface area contributed by atoms with Gasteiger partial charge in [-0.2, -0.15) is 5.10 Å². The Labute approximate surface area is 72.6 Å². The van der Waals surface area contributed by atoms with Crippen LogP contribution in [-0.4, -0.2) is 23.8 Å². The van der Waals surface area contributed by atoms with Crippen LogP contribution in [0.15, 0.2) is 0 Å². The van der Waals surface area contributed by atoms with Crippen LogP contribution < -0.4 is 5.32 Å². The van der Waals surface area contributed by atoms with Crippen molar-refractivity contribution < 1.29 is 0 Å². The summed E-state index contributed by atoms with van der Waals surface area (Å²) in [6.07, 6.45) is 2.40. The summed E-state index contributed by atoms with van der Waals surface area (Å²) >= 11 is 0. The van der Waals surface area contributed by atoms with Crippen LogP contribution in [0.25, 0.3) is 0 Å². The van der Waals surface area contributed by atoms with Gasteiger partial charge >= 0.3 is 0 Å². The molecule has 0 aliphatic heterocycles. The summed E-state index contributed by atoms with van der Waals surface area (Å²) in [6.45, 7) is 3.19. The molecule has 0 amide bonds. The SMILES string of the molecule is CNCC1CCc2n[nH]c(C)c21. The fourth-order valence-corrected chi connectivity index (χ4v) is 2.13. The summed E-state index contributed by atoms with van der Waals surface area (Å²) in [7, 11) is 2.01. The second kappa shape index (κ2) is 2.90. The molecule has 1 aromatic heterocycles. The molecule has 0 saturated heterocycles. The minimum absolute atomic E-state index is 0.684. The smallest absolute Gasteiger partial charge is 0.0660 e. The lowest BCUT2D eigenvalue weighted by molar-refractivity contribution is 0.616. The molecule has 3 heteroatoms.